The smallest absolute Gasteiger partial charge is 0.391 e. The van der Waals surface area contributed by atoms with Crippen LogP contribution in [0.2, 0.25) is 0 Å². The highest BCUT2D eigenvalue weighted by Gasteiger charge is 2.32. The molecule has 1 aromatic rings. The van der Waals surface area contributed by atoms with Gasteiger partial charge in [-0.25, -0.2) is 0 Å². The Morgan fingerprint density at radius 1 is 1.18 bits per heavy atom. The van der Waals surface area contributed by atoms with Crippen molar-refractivity contribution in [3.8, 4) is 0 Å². The second-order valence-electron chi connectivity index (χ2n) is 8.03. The number of nitrogens with zero attached hydrogens (tertiary/aromatic N) is 1. The van der Waals surface area contributed by atoms with Gasteiger partial charge < -0.3 is 26.4 Å². The zero-order chi connectivity index (χ0) is 25.3. The number of rotatable bonds is 12. The molecule has 11 heteroatoms. The van der Waals surface area contributed by atoms with Crippen LogP contribution in [0.4, 0.5) is 13.2 Å². The van der Waals surface area contributed by atoms with Gasteiger partial charge in [0.1, 0.15) is 0 Å². The first-order chi connectivity index (χ1) is 15.3. The summed E-state index contributed by atoms with van der Waals surface area (Å²) in [7, 11) is 1.87. The van der Waals surface area contributed by atoms with E-state index in [0.29, 0.717) is 31.5 Å². The van der Waals surface area contributed by atoms with Gasteiger partial charge in [0.05, 0.1) is 35.4 Å². The SMILES string of the molecule is CCCC(O)C(CN(C)C(C)CC)NC(=O)CNC(=O)c1cc(C(F)(F)F)ccc1C(N)=O. The van der Waals surface area contributed by atoms with Crippen LogP contribution in [0.1, 0.15) is 66.3 Å². The number of benzene rings is 1. The lowest BCUT2D eigenvalue weighted by atomic mass is 10.0. The molecule has 0 aromatic heterocycles. The molecule has 5 N–H and O–H groups in total. The number of alkyl halides is 3. The maximum absolute atomic E-state index is 13.0. The van der Waals surface area contributed by atoms with Crippen LogP contribution in [0.5, 0.6) is 0 Å². The molecule has 0 saturated carbocycles. The van der Waals surface area contributed by atoms with Crippen molar-refractivity contribution < 1.29 is 32.7 Å². The predicted octanol–water partition coefficient (Wildman–Crippen LogP) is 1.91. The number of amides is 3. The lowest BCUT2D eigenvalue weighted by Crippen LogP contribution is -2.53. The summed E-state index contributed by atoms with van der Waals surface area (Å²) < 4.78 is 39.0. The van der Waals surface area contributed by atoms with Crippen molar-refractivity contribution in [1.29, 1.82) is 0 Å². The van der Waals surface area contributed by atoms with Crippen molar-refractivity contribution >= 4 is 17.7 Å². The highest BCUT2D eigenvalue weighted by atomic mass is 19.4. The molecule has 0 saturated heterocycles. The molecule has 3 amide bonds. The van der Waals surface area contributed by atoms with Gasteiger partial charge in [-0.15, -0.1) is 0 Å². The monoisotopic (exact) mass is 474 g/mol. The second-order valence-corrected chi connectivity index (χ2v) is 8.03. The highest BCUT2D eigenvalue weighted by Crippen LogP contribution is 2.30. The molecule has 0 aliphatic heterocycles. The Bertz CT molecular complexity index is 832. The molecule has 0 heterocycles. The maximum atomic E-state index is 13.0. The number of carbonyl (C=O) groups is 3. The van der Waals surface area contributed by atoms with E-state index in [1.807, 2.05) is 32.7 Å². The Morgan fingerprint density at radius 2 is 1.82 bits per heavy atom. The van der Waals surface area contributed by atoms with E-state index in [-0.39, 0.29) is 6.04 Å². The molecule has 33 heavy (non-hydrogen) atoms. The first-order valence-corrected chi connectivity index (χ1v) is 10.8. The van der Waals surface area contributed by atoms with Crippen LogP contribution in [0.15, 0.2) is 18.2 Å². The van der Waals surface area contributed by atoms with Crippen LogP contribution in [0.3, 0.4) is 0 Å². The Morgan fingerprint density at radius 3 is 2.33 bits per heavy atom. The van der Waals surface area contributed by atoms with Crippen LogP contribution >= 0.6 is 0 Å². The second kappa shape index (κ2) is 12.5. The minimum absolute atomic E-state index is 0.214. The standard InChI is InChI=1S/C22H33F3N4O4/c1-5-7-18(30)17(12-29(4)13(3)6-2)28-19(31)11-27-21(33)16-10-14(22(23,24)25)8-9-15(16)20(26)32/h8-10,13,17-18,30H,5-7,11-12H2,1-4H3,(H2,26,32)(H,27,33)(H,28,31). The summed E-state index contributed by atoms with van der Waals surface area (Å²) in [6.45, 7) is 5.73. The van der Waals surface area contributed by atoms with Crippen LogP contribution in [0.25, 0.3) is 0 Å². The van der Waals surface area contributed by atoms with Crippen molar-refractivity contribution in [3.05, 3.63) is 34.9 Å². The summed E-state index contributed by atoms with van der Waals surface area (Å²) in [5.41, 5.74) is 3.06. The molecule has 0 bridgehead atoms. The molecule has 0 aliphatic carbocycles. The first-order valence-electron chi connectivity index (χ1n) is 10.8. The third-order valence-corrected chi connectivity index (χ3v) is 5.49. The van der Waals surface area contributed by atoms with Gasteiger partial charge in [-0.2, -0.15) is 13.2 Å². The normalized spacial score (nSPS) is 14.5. The third-order valence-electron chi connectivity index (χ3n) is 5.49. The van der Waals surface area contributed by atoms with Crippen molar-refractivity contribution in [2.75, 3.05) is 20.1 Å². The first kappa shape index (κ1) is 28.4. The zero-order valence-corrected chi connectivity index (χ0v) is 19.3. The van der Waals surface area contributed by atoms with Gasteiger partial charge in [-0.3, -0.25) is 14.4 Å². The average molecular weight is 475 g/mol. The number of likely N-dealkylation sites (N-methyl/N-ethyl adjacent to an activating group) is 1. The Balaban J connectivity index is 2.92. The average Bonchev–Trinajstić information content (AvgIpc) is 2.75. The molecule has 1 rings (SSSR count). The number of aliphatic hydroxyl groups is 1. The summed E-state index contributed by atoms with van der Waals surface area (Å²) in [6.07, 6.45) is -3.52. The van der Waals surface area contributed by atoms with Crippen LogP contribution in [0, 0.1) is 0 Å². The van der Waals surface area contributed by atoms with E-state index in [4.69, 9.17) is 5.73 Å². The number of hydrogen-bond acceptors (Lipinski definition) is 5. The van der Waals surface area contributed by atoms with E-state index in [9.17, 15) is 32.7 Å². The minimum atomic E-state index is -4.73. The van der Waals surface area contributed by atoms with Gasteiger partial charge in [-0.1, -0.05) is 20.3 Å². The van der Waals surface area contributed by atoms with E-state index in [0.717, 1.165) is 12.5 Å². The topological polar surface area (TPSA) is 125 Å². The fourth-order valence-corrected chi connectivity index (χ4v) is 3.20. The molecule has 8 nitrogen and oxygen atoms in total. The number of nitrogens with one attached hydrogen (secondary N) is 2. The van der Waals surface area contributed by atoms with E-state index in [2.05, 4.69) is 10.6 Å². The molecule has 0 radical (unpaired) electrons. The quantitative estimate of drug-likeness (QED) is 0.368. The van der Waals surface area contributed by atoms with E-state index in [1.165, 1.54) is 0 Å². The summed E-state index contributed by atoms with van der Waals surface area (Å²) in [4.78, 5) is 38.4. The molecule has 3 atom stereocenters. The van der Waals surface area contributed by atoms with E-state index < -0.39 is 59.3 Å². The number of nitrogens with two attached hydrogens (primary N) is 1. The highest BCUT2D eigenvalue weighted by molar-refractivity contribution is 6.07. The number of hydrogen-bond donors (Lipinski definition) is 4. The zero-order valence-electron chi connectivity index (χ0n) is 19.3. The molecule has 0 aliphatic rings. The molecule has 0 fully saturated rings. The van der Waals surface area contributed by atoms with Crippen LogP contribution in [-0.4, -0.2) is 66.1 Å². The van der Waals surface area contributed by atoms with Crippen molar-refractivity contribution in [2.45, 2.75) is 64.4 Å². The Kier molecular flexibility index (Phi) is 10.8. The van der Waals surface area contributed by atoms with Gasteiger partial charge in [0, 0.05) is 12.6 Å². The number of primary amides is 1. The molecule has 186 valence electrons. The van der Waals surface area contributed by atoms with Crippen LogP contribution < -0.4 is 16.4 Å². The number of halogens is 3. The van der Waals surface area contributed by atoms with E-state index >= 15 is 0 Å². The summed E-state index contributed by atoms with van der Waals surface area (Å²) in [5.74, 6) is -2.75. The largest absolute Gasteiger partial charge is 0.416 e. The summed E-state index contributed by atoms with van der Waals surface area (Å²) in [5, 5.41) is 15.3. The number of carbonyl (C=O) groups excluding carboxylic acids is 3. The third kappa shape index (κ3) is 8.65. The lowest BCUT2D eigenvalue weighted by molar-refractivity contribution is -0.137. The van der Waals surface area contributed by atoms with Crippen molar-refractivity contribution in [3.63, 3.8) is 0 Å². The summed E-state index contributed by atoms with van der Waals surface area (Å²) in [6, 6.07) is 1.59. The predicted molar refractivity (Wildman–Crippen MR) is 118 cm³/mol. The van der Waals surface area contributed by atoms with Gasteiger partial charge >= 0.3 is 6.18 Å². The van der Waals surface area contributed by atoms with E-state index in [1.54, 1.807) is 0 Å². The van der Waals surface area contributed by atoms with Gasteiger partial charge in [0.15, 0.2) is 0 Å². The van der Waals surface area contributed by atoms with Crippen molar-refractivity contribution in [2.24, 2.45) is 5.73 Å². The molecule has 3 unspecified atom stereocenters. The van der Waals surface area contributed by atoms with Crippen molar-refractivity contribution in [1.82, 2.24) is 15.5 Å². The fourth-order valence-electron chi connectivity index (χ4n) is 3.20. The van der Waals surface area contributed by atoms with Gasteiger partial charge in [0.2, 0.25) is 11.8 Å². The molecule has 1 aromatic carbocycles. The Hall–Kier alpha value is -2.66. The minimum Gasteiger partial charge on any atom is -0.391 e. The summed E-state index contributed by atoms with van der Waals surface area (Å²) >= 11 is 0. The fraction of sp³-hybridized carbons (Fsp3) is 0.591. The maximum Gasteiger partial charge on any atom is 0.416 e. The molecular weight excluding hydrogens is 441 g/mol. The Labute approximate surface area is 191 Å². The molecule has 0 spiro atoms. The van der Waals surface area contributed by atoms with Crippen LogP contribution in [-0.2, 0) is 11.0 Å². The lowest BCUT2D eigenvalue weighted by Gasteiger charge is -2.31. The van der Waals surface area contributed by atoms with Gasteiger partial charge in [0.25, 0.3) is 5.91 Å². The molecular formula is C22H33F3N4O4. The van der Waals surface area contributed by atoms with Gasteiger partial charge in [-0.05, 0) is 45.0 Å². The number of aliphatic hydroxyl groups excluding tert-OH is 1.